The molecule has 1 amide bonds. The van der Waals surface area contributed by atoms with E-state index in [1.807, 2.05) is 0 Å². The van der Waals surface area contributed by atoms with E-state index in [2.05, 4.69) is 5.32 Å². The summed E-state index contributed by atoms with van der Waals surface area (Å²) in [4.78, 5) is 24.0. The number of carbonyl (C=O) groups excluding carboxylic acids is 2. The van der Waals surface area contributed by atoms with Crippen LogP contribution in [0.3, 0.4) is 0 Å². The molecular formula is C20H19F2NO5. The fourth-order valence-corrected chi connectivity index (χ4v) is 2.22. The van der Waals surface area contributed by atoms with Gasteiger partial charge in [0, 0.05) is 17.7 Å². The van der Waals surface area contributed by atoms with Gasteiger partial charge in [0.25, 0.3) is 5.91 Å². The molecule has 28 heavy (non-hydrogen) atoms. The molecule has 0 saturated heterocycles. The van der Waals surface area contributed by atoms with Crippen LogP contribution in [0.5, 0.6) is 11.5 Å². The van der Waals surface area contributed by atoms with Crippen molar-refractivity contribution in [1.29, 1.82) is 0 Å². The first-order valence-corrected chi connectivity index (χ1v) is 8.20. The van der Waals surface area contributed by atoms with Crippen LogP contribution in [0.1, 0.15) is 12.5 Å². The predicted octanol–water partition coefficient (Wildman–Crippen LogP) is 3.57. The molecule has 0 radical (unpaired) electrons. The van der Waals surface area contributed by atoms with Gasteiger partial charge in [-0.3, -0.25) is 4.79 Å². The molecule has 1 unspecified atom stereocenters. The van der Waals surface area contributed by atoms with E-state index in [1.165, 1.54) is 27.2 Å². The summed E-state index contributed by atoms with van der Waals surface area (Å²) in [6.45, 7) is 1.31. The second kappa shape index (κ2) is 9.50. The highest BCUT2D eigenvalue weighted by molar-refractivity contribution is 5.96. The molecule has 2 aromatic rings. The van der Waals surface area contributed by atoms with Crippen LogP contribution in [0.4, 0.5) is 14.5 Å². The van der Waals surface area contributed by atoms with Gasteiger partial charge in [0.05, 0.1) is 19.9 Å². The fourth-order valence-electron chi connectivity index (χ4n) is 2.22. The number of methoxy groups -OCH3 is 2. The Balaban J connectivity index is 2.01. The number of hydrogen-bond acceptors (Lipinski definition) is 5. The van der Waals surface area contributed by atoms with Gasteiger partial charge in [0.2, 0.25) is 0 Å². The lowest BCUT2D eigenvalue weighted by atomic mass is 10.1. The predicted molar refractivity (Wildman–Crippen MR) is 99.1 cm³/mol. The zero-order valence-electron chi connectivity index (χ0n) is 15.5. The Morgan fingerprint density at radius 2 is 1.82 bits per heavy atom. The number of benzene rings is 2. The number of esters is 1. The van der Waals surface area contributed by atoms with Crippen LogP contribution >= 0.6 is 0 Å². The van der Waals surface area contributed by atoms with Crippen molar-refractivity contribution in [3.63, 3.8) is 0 Å². The normalized spacial score (nSPS) is 11.8. The molecule has 0 fully saturated rings. The number of ether oxygens (including phenoxy) is 3. The Hall–Kier alpha value is -3.42. The minimum Gasteiger partial charge on any atom is -0.497 e. The lowest BCUT2D eigenvalue weighted by Crippen LogP contribution is -2.29. The quantitative estimate of drug-likeness (QED) is 0.577. The molecule has 0 aromatic heterocycles. The van der Waals surface area contributed by atoms with E-state index in [-0.39, 0.29) is 5.69 Å². The first kappa shape index (κ1) is 20.9. The van der Waals surface area contributed by atoms with E-state index >= 15 is 0 Å². The molecule has 0 spiro atoms. The smallest absolute Gasteiger partial charge is 0.331 e. The van der Waals surface area contributed by atoms with Crippen LogP contribution in [-0.2, 0) is 14.3 Å². The molecule has 1 atom stereocenters. The summed E-state index contributed by atoms with van der Waals surface area (Å²) in [5, 5.41) is 2.17. The van der Waals surface area contributed by atoms with Crippen LogP contribution in [0.2, 0.25) is 0 Å². The van der Waals surface area contributed by atoms with Crippen molar-refractivity contribution in [1.82, 2.24) is 0 Å². The summed E-state index contributed by atoms with van der Waals surface area (Å²) in [6.07, 6.45) is 1.33. The zero-order valence-corrected chi connectivity index (χ0v) is 15.5. The van der Waals surface area contributed by atoms with Gasteiger partial charge < -0.3 is 19.5 Å². The number of hydrogen-bond donors (Lipinski definition) is 1. The third-order valence-corrected chi connectivity index (χ3v) is 3.68. The van der Waals surface area contributed by atoms with Gasteiger partial charge in [-0.2, -0.15) is 0 Å². The molecule has 2 rings (SSSR count). The summed E-state index contributed by atoms with van der Waals surface area (Å²) in [5.41, 5.74) is 0.224. The number of carbonyl (C=O) groups is 2. The monoisotopic (exact) mass is 391 g/mol. The molecule has 0 aliphatic carbocycles. The molecule has 1 N–H and O–H groups in total. The summed E-state index contributed by atoms with van der Waals surface area (Å²) < 4.78 is 42.0. The summed E-state index contributed by atoms with van der Waals surface area (Å²) in [6, 6.07) is 7.67. The summed E-state index contributed by atoms with van der Waals surface area (Å²) in [7, 11) is 2.99. The Kier molecular flexibility index (Phi) is 7.08. The van der Waals surface area contributed by atoms with E-state index in [0.717, 1.165) is 24.3 Å². The number of nitrogens with one attached hydrogen (secondary N) is 1. The first-order valence-electron chi connectivity index (χ1n) is 8.20. The average molecular weight is 391 g/mol. The lowest BCUT2D eigenvalue weighted by Gasteiger charge is -2.13. The Morgan fingerprint density at radius 1 is 1.07 bits per heavy atom. The van der Waals surface area contributed by atoms with Crippen LogP contribution in [0, 0.1) is 11.6 Å². The van der Waals surface area contributed by atoms with E-state index in [1.54, 1.807) is 18.2 Å². The van der Waals surface area contributed by atoms with Crippen LogP contribution in [-0.4, -0.2) is 32.2 Å². The molecule has 6 nitrogen and oxygen atoms in total. The molecular weight excluding hydrogens is 372 g/mol. The topological polar surface area (TPSA) is 73.9 Å². The molecule has 148 valence electrons. The highest BCUT2D eigenvalue weighted by atomic mass is 19.1. The van der Waals surface area contributed by atoms with Crippen molar-refractivity contribution in [2.45, 2.75) is 13.0 Å². The van der Waals surface area contributed by atoms with Crippen molar-refractivity contribution >= 4 is 23.6 Å². The number of amides is 1. The number of anilines is 1. The third-order valence-electron chi connectivity index (χ3n) is 3.68. The molecule has 0 aliphatic heterocycles. The van der Waals surface area contributed by atoms with E-state index in [4.69, 9.17) is 14.2 Å². The van der Waals surface area contributed by atoms with Crippen molar-refractivity contribution in [2.75, 3.05) is 19.5 Å². The standard InChI is InChI=1S/C20H19F2NO5/c1-12(20(25)23-17-11-14(21)5-7-16(17)22)28-19(24)9-4-13-10-15(26-2)6-8-18(13)27-3/h4-12H,1-3H3,(H,23,25)/b9-4+. The van der Waals surface area contributed by atoms with Gasteiger partial charge in [0.1, 0.15) is 23.1 Å². The first-order chi connectivity index (χ1) is 13.3. The van der Waals surface area contributed by atoms with Gasteiger partial charge in [-0.25, -0.2) is 13.6 Å². The maximum absolute atomic E-state index is 13.6. The number of halogens is 2. The number of rotatable bonds is 7. The Bertz CT molecular complexity index is 898. The van der Waals surface area contributed by atoms with Gasteiger partial charge in [0.15, 0.2) is 6.10 Å². The third kappa shape index (κ3) is 5.54. The molecule has 8 heteroatoms. The second-order valence-electron chi connectivity index (χ2n) is 5.63. The van der Waals surface area contributed by atoms with Crippen molar-refractivity contribution in [2.24, 2.45) is 0 Å². The zero-order chi connectivity index (χ0) is 20.7. The second-order valence-corrected chi connectivity index (χ2v) is 5.63. The molecule has 0 bridgehead atoms. The SMILES string of the molecule is COc1ccc(OC)c(/C=C/C(=O)OC(C)C(=O)Nc2cc(F)ccc2F)c1. The van der Waals surface area contributed by atoms with Gasteiger partial charge in [-0.1, -0.05) is 0 Å². The fraction of sp³-hybridized carbons (Fsp3) is 0.200. The molecule has 0 aliphatic rings. The minimum absolute atomic E-state index is 0.343. The van der Waals surface area contributed by atoms with Crippen molar-refractivity contribution < 1.29 is 32.6 Å². The Morgan fingerprint density at radius 3 is 2.50 bits per heavy atom. The van der Waals surface area contributed by atoms with Crippen LogP contribution in [0.15, 0.2) is 42.5 Å². The van der Waals surface area contributed by atoms with Crippen LogP contribution in [0.25, 0.3) is 6.08 Å². The Labute approximate surface area is 160 Å². The maximum Gasteiger partial charge on any atom is 0.331 e. The van der Waals surface area contributed by atoms with Crippen molar-refractivity contribution in [3.05, 3.63) is 59.7 Å². The van der Waals surface area contributed by atoms with Gasteiger partial charge in [-0.05, 0) is 43.3 Å². The summed E-state index contributed by atoms with van der Waals surface area (Å²) in [5.74, 6) is -2.04. The van der Waals surface area contributed by atoms with Gasteiger partial charge >= 0.3 is 5.97 Å². The van der Waals surface area contributed by atoms with E-state index in [0.29, 0.717) is 17.1 Å². The highest BCUT2D eigenvalue weighted by Crippen LogP contribution is 2.25. The van der Waals surface area contributed by atoms with E-state index < -0.39 is 29.6 Å². The lowest BCUT2D eigenvalue weighted by molar-refractivity contribution is -0.148. The largest absolute Gasteiger partial charge is 0.497 e. The van der Waals surface area contributed by atoms with Gasteiger partial charge in [-0.15, -0.1) is 0 Å². The minimum atomic E-state index is -1.23. The van der Waals surface area contributed by atoms with E-state index in [9.17, 15) is 18.4 Å². The van der Waals surface area contributed by atoms with Crippen LogP contribution < -0.4 is 14.8 Å². The maximum atomic E-state index is 13.6. The average Bonchev–Trinajstić information content (AvgIpc) is 2.68. The molecule has 2 aromatic carbocycles. The highest BCUT2D eigenvalue weighted by Gasteiger charge is 2.18. The molecule has 0 heterocycles. The molecule has 0 saturated carbocycles. The van der Waals surface area contributed by atoms with Crippen molar-refractivity contribution in [3.8, 4) is 11.5 Å². The summed E-state index contributed by atoms with van der Waals surface area (Å²) >= 11 is 0.